The van der Waals surface area contributed by atoms with Crippen molar-refractivity contribution in [2.45, 2.75) is 0 Å². The molecule has 2 aromatic rings. The first-order valence-electron chi connectivity index (χ1n) is 7.56. The van der Waals surface area contributed by atoms with Gasteiger partial charge in [-0.25, -0.2) is 4.39 Å². The molecule has 0 bridgehead atoms. The molecule has 0 spiro atoms. The van der Waals surface area contributed by atoms with E-state index in [1.54, 1.807) is 12.2 Å². The van der Waals surface area contributed by atoms with Gasteiger partial charge in [0.05, 0.1) is 15.6 Å². The van der Waals surface area contributed by atoms with Gasteiger partial charge in [-0.3, -0.25) is 9.69 Å². The number of thioether (sulfide) groups is 1. The predicted octanol–water partition coefficient (Wildman–Crippen LogP) is 5.45. The van der Waals surface area contributed by atoms with E-state index in [2.05, 4.69) is 6.58 Å². The van der Waals surface area contributed by atoms with E-state index < -0.39 is 5.82 Å². The summed E-state index contributed by atoms with van der Waals surface area (Å²) in [6.07, 6.45) is 3.40. The van der Waals surface area contributed by atoms with Crippen molar-refractivity contribution in [3.05, 3.63) is 76.4 Å². The molecule has 1 fully saturated rings. The highest BCUT2D eigenvalue weighted by atomic mass is 35.5. The van der Waals surface area contributed by atoms with Crippen molar-refractivity contribution in [3.63, 3.8) is 0 Å². The van der Waals surface area contributed by atoms with Crippen LogP contribution in [0.15, 0.2) is 60.0 Å². The fraction of sp³-hybridized carbons (Fsp3) is 0.0526. The fourth-order valence-corrected chi connectivity index (χ4v) is 3.79. The van der Waals surface area contributed by atoms with E-state index in [-0.39, 0.29) is 10.9 Å². The van der Waals surface area contributed by atoms with Crippen molar-refractivity contribution in [3.8, 4) is 5.75 Å². The van der Waals surface area contributed by atoms with Gasteiger partial charge in [-0.05, 0) is 42.0 Å². The molecule has 0 saturated carbocycles. The van der Waals surface area contributed by atoms with Crippen LogP contribution in [0, 0.1) is 5.82 Å². The van der Waals surface area contributed by atoms with Gasteiger partial charge in [-0.15, -0.1) is 0 Å². The van der Waals surface area contributed by atoms with Gasteiger partial charge < -0.3 is 4.74 Å². The number of benzene rings is 2. The first-order chi connectivity index (χ1) is 12.5. The van der Waals surface area contributed by atoms with Gasteiger partial charge in [0.1, 0.15) is 18.2 Å². The third-order valence-corrected chi connectivity index (χ3v) is 5.07. The maximum Gasteiger partial charge on any atom is 0.270 e. The number of hydrogen-bond acceptors (Lipinski definition) is 4. The molecule has 0 unspecified atom stereocenters. The Hall–Kier alpha value is -2.15. The normalized spacial score (nSPS) is 15.6. The summed E-state index contributed by atoms with van der Waals surface area (Å²) in [6.45, 7) is 4.01. The molecule has 0 N–H and O–H groups in total. The Bertz CT molecular complexity index is 930. The summed E-state index contributed by atoms with van der Waals surface area (Å²) >= 11 is 12.3. The van der Waals surface area contributed by atoms with E-state index in [1.165, 1.54) is 34.9 Å². The summed E-state index contributed by atoms with van der Waals surface area (Å²) in [7, 11) is 0. The van der Waals surface area contributed by atoms with Crippen molar-refractivity contribution in [1.29, 1.82) is 0 Å². The van der Waals surface area contributed by atoms with E-state index in [4.69, 9.17) is 28.6 Å². The van der Waals surface area contributed by atoms with Crippen LogP contribution in [0.3, 0.4) is 0 Å². The molecular weight excluding hydrogens is 393 g/mol. The predicted molar refractivity (Wildman–Crippen MR) is 109 cm³/mol. The number of rotatable bonds is 5. The zero-order valence-electron chi connectivity index (χ0n) is 13.4. The fourth-order valence-electron chi connectivity index (χ4n) is 2.32. The Morgan fingerprint density at radius 2 is 2.12 bits per heavy atom. The number of anilines is 1. The van der Waals surface area contributed by atoms with E-state index in [1.807, 2.05) is 24.3 Å². The molecule has 26 heavy (non-hydrogen) atoms. The van der Waals surface area contributed by atoms with Crippen LogP contribution < -0.4 is 9.64 Å². The quantitative estimate of drug-likeness (QED) is 0.376. The average molecular weight is 406 g/mol. The van der Waals surface area contributed by atoms with Gasteiger partial charge in [0.2, 0.25) is 0 Å². The molecule has 1 aliphatic rings. The van der Waals surface area contributed by atoms with Crippen LogP contribution in [-0.2, 0) is 4.79 Å². The van der Waals surface area contributed by atoms with Crippen LogP contribution >= 0.6 is 35.6 Å². The topological polar surface area (TPSA) is 29.5 Å². The standard InChI is InChI=1S/C19H13ClFNO2S2/c1-2-8-24-14-5-3-4-12(9-14)10-17-18(23)22(19(25)26-17)13-6-7-16(21)15(20)11-13/h2-7,9-11H,1,8H2/b17-10+. The summed E-state index contributed by atoms with van der Waals surface area (Å²) < 4.78 is 19.2. The largest absolute Gasteiger partial charge is 0.490 e. The molecule has 3 nitrogen and oxygen atoms in total. The van der Waals surface area contributed by atoms with E-state index in [0.717, 1.165) is 5.56 Å². The summed E-state index contributed by atoms with van der Waals surface area (Å²) in [4.78, 5) is 14.6. The lowest BCUT2D eigenvalue weighted by atomic mass is 10.2. The Labute approximate surface area is 165 Å². The minimum Gasteiger partial charge on any atom is -0.490 e. The number of ether oxygens (including phenoxy) is 1. The summed E-state index contributed by atoms with van der Waals surface area (Å²) in [5.41, 5.74) is 1.24. The van der Waals surface area contributed by atoms with Crippen molar-refractivity contribution >= 4 is 57.6 Å². The highest BCUT2D eigenvalue weighted by Crippen LogP contribution is 2.37. The lowest BCUT2D eigenvalue weighted by Crippen LogP contribution is -2.27. The maximum absolute atomic E-state index is 13.4. The van der Waals surface area contributed by atoms with Gasteiger partial charge in [-0.2, -0.15) is 0 Å². The van der Waals surface area contributed by atoms with Crippen LogP contribution in [0.25, 0.3) is 6.08 Å². The molecule has 0 aromatic heterocycles. The van der Waals surface area contributed by atoms with Crippen LogP contribution in [0.5, 0.6) is 5.75 Å². The number of hydrogen-bond donors (Lipinski definition) is 0. The van der Waals surface area contributed by atoms with E-state index in [9.17, 15) is 9.18 Å². The van der Waals surface area contributed by atoms with E-state index >= 15 is 0 Å². The third kappa shape index (κ3) is 3.98. The number of thiocarbonyl (C=S) groups is 1. The molecule has 1 amide bonds. The molecule has 0 radical (unpaired) electrons. The minimum absolute atomic E-state index is 0.0624. The van der Waals surface area contributed by atoms with Crippen LogP contribution in [0.2, 0.25) is 5.02 Å². The number of nitrogens with zero attached hydrogens (tertiary/aromatic N) is 1. The lowest BCUT2D eigenvalue weighted by molar-refractivity contribution is -0.113. The molecule has 2 aromatic carbocycles. The Morgan fingerprint density at radius 3 is 2.85 bits per heavy atom. The van der Waals surface area contributed by atoms with Crippen LogP contribution in [-0.4, -0.2) is 16.8 Å². The van der Waals surface area contributed by atoms with Gasteiger partial charge in [-0.1, -0.05) is 60.4 Å². The molecule has 1 saturated heterocycles. The monoisotopic (exact) mass is 405 g/mol. The maximum atomic E-state index is 13.4. The minimum atomic E-state index is -0.548. The number of carbonyl (C=O) groups excluding carboxylic acids is 1. The van der Waals surface area contributed by atoms with Crippen molar-refractivity contribution in [2.24, 2.45) is 0 Å². The zero-order chi connectivity index (χ0) is 18.7. The van der Waals surface area contributed by atoms with Crippen molar-refractivity contribution in [1.82, 2.24) is 0 Å². The molecule has 1 aliphatic heterocycles. The first-order valence-corrected chi connectivity index (χ1v) is 9.16. The SMILES string of the molecule is C=CCOc1cccc(/C=C2/SC(=S)N(c3ccc(F)c(Cl)c3)C2=O)c1. The molecule has 0 atom stereocenters. The summed E-state index contributed by atoms with van der Waals surface area (Å²) in [5, 5.41) is -0.0624. The van der Waals surface area contributed by atoms with E-state index in [0.29, 0.717) is 27.3 Å². The molecule has 3 rings (SSSR count). The lowest BCUT2D eigenvalue weighted by Gasteiger charge is -2.14. The van der Waals surface area contributed by atoms with Gasteiger partial charge in [0, 0.05) is 0 Å². The van der Waals surface area contributed by atoms with Crippen molar-refractivity contribution in [2.75, 3.05) is 11.5 Å². The van der Waals surface area contributed by atoms with Crippen LogP contribution in [0.4, 0.5) is 10.1 Å². The molecule has 1 heterocycles. The highest BCUT2D eigenvalue weighted by molar-refractivity contribution is 8.27. The number of amides is 1. The molecule has 0 aliphatic carbocycles. The summed E-state index contributed by atoms with van der Waals surface area (Å²) in [6, 6.07) is 11.4. The Morgan fingerprint density at radius 1 is 1.31 bits per heavy atom. The van der Waals surface area contributed by atoms with Gasteiger partial charge in [0.15, 0.2) is 4.32 Å². The smallest absolute Gasteiger partial charge is 0.270 e. The van der Waals surface area contributed by atoms with Crippen molar-refractivity contribution < 1.29 is 13.9 Å². The zero-order valence-corrected chi connectivity index (χ0v) is 15.8. The Kier molecular flexibility index (Phi) is 5.76. The van der Waals surface area contributed by atoms with Gasteiger partial charge in [0.25, 0.3) is 5.91 Å². The second kappa shape index (κ2) is 8.03. The second-order valence-corrected chi connectivity index (χ2v) is 7.37. The second-order valence-electron chi connectivity index (χ2n) is 5.29. The van der Waals surface area contributed by atoms with Crippen LogP contribution in [0.1, 0.15) is 5.56 Å². The highest BCUT2D eigenvalue weighted by Gasteiger charge is 2.33. The number of halogens is 2. The molecule has 132 valence electrons. The molecule has 7 heteroatoms. The first kappa shape index (κ1) is 18.6. The third-order valence-electron chi connectivity index (χ3n) is 3.48. The Balaban J connectivity index is 1.87. The average Bonchev–Trinajstić information content (AvgIpc) is 2.89. The van der Waals surface area contributed by atoms with Gasteiger partial charge >= 0.3 is 0 Å². The summed E-state index contributed by atoms with van der Waals surface area (Å²) in [5.74, 6) is -0.146. The molecular formula is C19H13ClFNO2S2. The number of carbonyl (C=O) groups is 1.